The summed E-state index contributed by atoms with van der Waals surface area (Å²) < 4.78 is 5.91. The second-order valence-electron chi connectivity index (χ2n) is 11.0. The molecule has 1 aromatic heterocycles. The van der Waals surface area contributed by atoms with Gasteiger partial charge in [0.15, 0.2) is 28.4 Å². The molecule has 0 fully saturated rings. The van der Waals surface area contributed by atoms with Crippen molar-refractivity contribution < 1.29 is 35.1 Å². The van der Waals surface area contributed by atoms with Crippen molar-refractivity contribution in [2.75, 3.05) is 50.9 Å². The van der Waals surface area contributed by atoms with E-state index in [1.165, 1.54) is 0 Å². The number of anilines is 2. The molecule has 0 bridgehead atoms. The first kappa shape index (κ1) is 38.9. The highest BCUT2D eigenvalue weighted by molar-refractivity contribution is 6.31. The highest BCUT2D eigenvalue weighted by Crippen LogP contribution is 2.17. The fraction of sp³-hybridized carbons (Fsp3) is 0.600. The second kappa shape index (κ2) is 20.7. The third-order valence-electron chi connectivity index (χ3n) is 7.25. The molecule has 16 heteroatoms. The Kier molecular flexibility index (Phi) is 17.5. The molecule has 0 radical (unpaired) electrons. The standard InChI is InChI=1S/C30H49ClN8O7/c1-2-3-4-7-14-39(17-21(41)24(43)25(44)22(42)18-40)15-16-46-20-11-9-19(10-12-20)8-5-6-13-35-30(34)38-29(45)23-27(32)37-28(33)26(31)36-23/h9-12,21-22,24-25,40-44H,2-8,13-18H2,1H3,(H4,32,33,37)(H3,34,35,38,45)/t21-,22-,24-,25-/m1/s1. The fourth-order valence-electron chi connectivity index (χ4n) is 4.53. The van der Waals surface area contributed by atoms with Crippen LogP contribution in [0, 0.1) is 5.41 Å². The lowest BCUT2D eigenvalue weighted by molar-refractivity contribution is -0.119. The quantitative estimate of drug-likeness (QED) is 0.0487. The van der Waals surface area contributed by atoms with Gasteiger partial charge >= 0.3 is 0 Å². The zero-order chi connectivity index (χ0) is 34.1. The van der Waals surface area contributed by atoms with E-state index in [9.17, 15) is 25.2 Å². The predicted molar refractivity (Wildman–Crippen MR) is 176 cm³/mol. The van der Waals surface area contributed by atoms with Crippen molar-refractivity contribution >= 4 is 35.1 Å². The number of hydrogen-bond donors (Lipinski definition) is 10. The summed E-state index contributed by atoms with van der Waals surface area (Å²) in [5.41, 5.74) is 12.1. The topological polar surface area (TPSA) is 256 Å². The van der Waals surface area contributed by atoms with Gasteiger partial charge in [0.25, 0.3) is 5.91 Å². The first-order chi connectivity index (χ1) is 22.0. The molecular formula is C30H49ClN8O7. The van der Waals surface area contributed by atoms with Crippen LogP contribution in [0.15, 0.2) is 24.3 Å². The molecule has 0 saturated carbocycles. The number of guanidine groups is 1. The monoisotopic (exact) mass is 668 g/mol. The third-order valence-corrected chi connectivity index (χ3v) is 7.53. The number of halogens is 1. The van der Waals surface area contributed by atoms with Gasteiger partial charge < -0.3 is 47.1 Å². The van der Waals surface area contributed by atoms with Crippen LogP contribution in [-0.2, 0) is 6.42 Å². The molecule has 4 atom stereocenters. The van der Waals surface area contributed by atoms with Crippen molar-refractivity contribution in [1.29, 1.82) is 5.41 Å². The molecule has 0 aliphatic carbocycles. The number of carbonyl (C=O) groups excluding carboxylic acids is 1. The minimum absolute atomic E-state index is 0.0757. The lowest BCUT2D eigenvalue weighted by atomic mass is 10.0. The predicted octanol–water partition coefficient (Wildman–Crippen LogP) is 0.268. The molecule has 12 N–H and O–H groups in total. The van der Waals surface area contributed by atoms with Gasteiger partial charge in [0, 0.05) is 19.6 Å². The van der Waals surface area contributed by atoms with Gasteiger partial charge in [-0.3, -0.25) is 20.4 Å². The van der Waals surface area contributed by atoms with Crippen LogP contribution in [-0.4, -0.2) is 116 Å². The number of rotatable bonds is 21. The molecule has 1 aromatic carbocycles. The van der Waals surface area contributed by atoms with Gasteiger partial charge in [-0.1, -0.05) is 49.9 Å². The fourth-order valence-corrected chi connectivity index (χ4v) is 4.66. The number of nitrogens with two attached hydrogens (primary N) is 2. The average molecular weight is 669 g/mol. The summed E-state index contributed by atoms with van der Waals surface area (Å²) in [4.78, 5) is 21.8. The Balaban J connectivity index is 1.73. The summed E-state index contributed by atoms with van der Waals surface area (Å²) in [5.74, 6) is -0.514. The molecule has 1 amide bonds. The number of nitrogens with one attached hydrogen (secondary N) is 3. The lowest BCUT2D eigenvalue weighted by Gasteiger charge is -2.30. The van der Waals surface area contributed by atoms with E-state index in [2.05, 4.69) is 27.5 Å². The summed E-state index contributed by atoms with van der Waals surface area (Å²) in [5, 5.41) is 62.2. The second-order valence-corrected chi connectivity index (χ2v) is 11.4. The maximum atomic E-state index is 12.3. The maximum Gasteiger partial charge on any atom is 0.280 e. The van der Waals surface area contributed by atoms with E-state index in [0.717, 1.165) is 50.5 Å². The molecule has 0 spiro atoms. The van der Waals surface area contributed by atoms with Gasteiger partial charge in [-0.2, -0.15) is 0 Å². The molecule has 0 aliphatic heterocycles. The van der Waals surface area contributed by atoms with E-state index in [1.807, 2.05) is 29.2 Å². The Hall–Kier alpha value is -3.31. The van der Waals surface area contributed by atoms with Crippen molar-refractivity contribution in [1.82, 2.24) is 25.5 Å². The normalized spacial score (nSPS) is 14.0. The zero-order valence-corrected chi connectivity index (χ0v) is 27.0. The molecule has 15 nitrogen and oxygen atoms in total. The molecule has 1 heterocycles. The number of aromatic nitrogens is 2. The van der Waals surface area contributed by atoms with Crippen molar-refractivity contribution in [3.8, 4) is 5.75 Å². The number of benzene rings is 1. The van der Waals surface area contributed by atoms with Gasteiger partial charge in [-0.25, -0.2) is 9.97 Å². The number of amides is 1. The zero-order valence-electron chi connectivity index (χ0n) is 26.2. The number of unbranched alkanes of at least 4 members (excludes halogenated alkanes) is 4. The number of aryl methyl sites for hydroxylation is 1. The van der Waals surface area contributed by atoms with Crippen LogP contribution in [0.3, 0.4) is 0 Å². The Labute approximate surface area is 274 Å². The number of aliphatic hydroxyl groups excluding tert-OH is 5. The van der Waals surface area contributed by atoms with Gasteiger partial charge in [0.1, 0.15) is 30.7 Å². The summed E-state index contributed by atoms with van der Waals surface area (Å²) in [6.45, 7) is 3.43. The van der Waals surface area contributed by atoms with Crippen molar-refractivity contribution in [3.05, 3.63) is 40.7 Å². The van der Waals surface area contributed by atoms with E-state index in [-0.39, 0.29) is 35.0 Å². The molecule has 0 aliphatic rings. The van der Waals surface area contributed by atoms with Crippen molar-refractivity contribution in [3.63, 3.8) is 0 Å². The summed E-state index contributed by atoms with van der Waals surface area (Å²) in [7, 11) is 0. The van der Waals surface area contributed by atoms with Crippen LogP contribution in [0.5, 0.6) is 5.75 Å². The Morgan fingerprint density at radius 2 is 1.67 bits per heavy atom. The van der Waals surface area contributed by atoms with Crippen LogP contribution in [0.4, 0.5) is 11.6 Å². The minimum atomic E-state index is -1.66. The van der Waals surface area contributed by atoms with Crippen LogP contribution < -0.4 is 26.8 Å². The number of hydrogen-bond acceptors (Lipinski definition) is 13. The van der Waals surface area contributed by atoms with E-state index in [4.69, 9.17) is 38.3 Å². The van der Waals surface area contributed by atoms with E-state index in [0.29, 0.717) is 32.0 Å². The smallest absolute Gasteiger partial charge is 0.280 e. The molecule has 258 valence electrons. The number of aliphatic hydroxyl groups is 5. The van der Waals surface area contributed by atoms with Gasteiger partial charge in [-0.05, 0) is 49.9 Å². The molecule has 0 unspecified atom stereocenters. The first-order valence-corrected chi connectivity index (χ1v) is 15.8. The van der Waals surface area contributed by atoms with Crippen molar-refractivity contribution in [2.24, 2.45) is 0 Å². The van der Waals surface area contributed by atoms with Gasteiger partial charge in [0.2, 0.25) is 0 Å². The first-order valence-electron chi connectivity index (χ1n) is 15.5. The highest BCUT2D eigenvalue weighted by atomic mass is 35.5. The average Bonchev–Trinajstić information content (AvgIpc) is 3.03. The number of nitrogens with zero attached hydrogens (tertiary/aromatic N) is 3. The van der Waals surface area contributed by atoms with Crippen molar-refractivity contribution in [2.45, 2.75) is 76.3 Å². The molecule has 0 saturated heterocycles. The molecular weight excluding hydrogens is 620 g/mol. The Morgan fingerprint density at radius 1 is 0.978 bits per heavy atom. The summed E-state index contributed by atoms with van der Waals surface area (Å²) in [6.07, 6.45) is 0.379. The number of ether oxygens (including phenoxy) is 1. The van der Waals surface area contributed by atoms with E-state index in [1.54, 1.807) is 0 Å². The minimum Gasteiger partial charge on any atom is -0.492 e. The van der Waals surface area contributed by atoms with Crippen LogP contribution in [0.1, 0.15) is 61.5 Å². The molecule has 46 heavy (non-hydrogen) atoms. The number of carbonyl (C=O) groups is 1. The SMILES string of the molecule is CCCCCCN(CCOc1ccc(CCCCNC(=N)NC(=O)c2nc(Cl)c(N)nc2N)cc1)C[C@@H](O)[C@@H](O)[C@H](O)[C@H](O)CO. The largest absolute Gasteiger partial charge is 0.492 e. The third kappa shape index (κ3) is 13.6. The van der Waals surface area contributed by atoms with E-state index < -0.39 is 36.9 Å². The Bertz CT molecular complexity index is 1210. The Morgan fingerprint density at radius 3 is 2.35 bits per heavy atom. The summed E-state index contributed by atoms with van der Waals surface area (Å²) >= 11 is 5.80. The molecule has 2 rings (SSSR count). The maximum absolute atomic E-state index is 12.3. The van der Waals surface area contributed by atoms with Gasteiger partial charge in [-0.15, -0.1) is 0 Å². The summed E-state index contributed by atoms with van der Waals surface area (Å²) in [6, 6.07) is 7.72. The van der Waals surface area contributed by atoms with Crippen LogP contribution in [0.25, 0.3) is 0 Å². The van der Waals surface area contributed by atoms with Gasteiger partial charge in [0.05, 0.1) is 12.7 Å². The van der Waals surface area contributed by atoms with E-state index >= 15 is 0 Å². The van der Waals surface area contributed by atoms with Crippen LogP contribution in [0.2, 0.25) is 5.15 Å². The van der Waals surface area contributed by atoms with Crippen LogP contribution >= 0.6 is 11.6 Å². The lowest BCUT2D eigenvalue weighted by Crippen LogP contribution is -2.50. The molecule has 2 aromatic rings. The highest BCUT2D eigenvalue weighted by Gasteiger charge is 2.31. The number of nitrogen functional groups attached to an aromatic ring is 2.